The van der Waals surface area contributed by atoms with Gasteiger partial charge in [0.05, 0.1) is 4.90 Å². The van der Waals surface area contributed by atoms with Crippen LogP contribution in [0, 0.1) is 20.8 Å². The number of carbonyl (C=O) groups excluding carboxylic acids is 1. The van der Waals surface area contributed by atoms with Gasteiger partial charge in [0.25, 0.3) is 11.5 Å². The summed E-state index contributed by atoms with van der Waals surface area (Å²) in [4.78, 5) is 30.2. The maximum atomic E-state index is 13.1. The predicted molar refractivity (Wildman–Crippen MR) is 128 cm³/mol. The fraction of sp³-hybridized carbons (Fsp3) is 0.280. The number of sulfonamides is 1. The molecule has 0 spiro atoms. The smallest absolute Gasteiger partial charge is 0.261 e. The Balaban J connectivity index is 1.48. The number of aryl methyl sites for hydroxylation is 3. The average molecular weight is 466 g/mol. The van der Waals surface area contributed by atoms with Gasteiger partial charge in [0.15, 0.2) is 0 Å². The van der Waals surface area contributed by atoms with Crippen LogP contribution in [0.2, 0.25) is 0 Å². The van der Waals surface area contributed by atoms with Gasteiger partial charge in [-0.2, -0.15) is 4.31 Å². The molecule has 2 heterocycles. The largest absolute Gasteiger partial charge is 0.336 e. The topological polar surface area (TPSA) is 90.6 Å². The lowest BCUT2D eigenvalue weighted by molar-refractivity contribution is 0.0696. The molecule has 1 saturated heterocycles. The summed E-state index contributed by atoms with van der Waals surface area (Å²) in [7, 11) is -3.64. The Hall–Kier alpha value is -3.23. The van der Waals surface area contributed by atoms with E-state index >= 15 is 0 Å². The van der Waals surface area contributed by atoms with E-state index in [1.54, 1.807) is 25.1 Å². The first kappa shape index (κ1) is 22.9. The molecular weight excluding hydrogens is 438 g/mol. The molecule has 0 saturated carbocycles. The van der Waals surface area contributed by atoms with Gasteiger partial charge in [0.2, 0.25) is 10.0 Å². The number of hydrogen-bond acceptors (Lipinski definition) is 4. The average Bonchev–Trinajstić information content (AvgIpc) is 2.78. The van der Waals surface area contributed by atoms with Crippen molar-refractivity contribution in [2.24, 2.45) is 0 Å². The molecular formula is C25H27N3O4S. The first-order chi connectivity index (χ1) is 15.7. The Bertz CT molecular complexity index is 1370. The van der Waals surface area contributed by atoms with Crippen LogP contribution in [0.3, 0.4) is 0 Å². The van der Waals surface area contributed by atoms with E-state index in [0.717, 1.165) is 16.7 Å². The van der Waals surface area contributed by atoms with E-state index in [4.69, 9.17) is 0 Å². The molecule has 1 N–H and O–H groups in total. The third-order valence-corrected chi connectivity index (χ3v) is 8.00. The number of amides is 1. The van der Waals surface area contributed by atoms with Crippen molar-refractivity contribution in [2.45, 2.75) is 25.7 Å². The number of rotatable bonds is 4. The highest BCUT2D eigenvalue weighted by Crippen LogP contribution is 2.23. The molecule has 0 aliphatic carbocycles. The summed E-state index contributed by atoms with van der Waals surface area (Å²) in [5.41, 5.74) is 3.89. The van der Waals surface area contributed by atoms with Crippen molar-refractivity contribution in [3.63, 3.8) is 0 Å². The highest BCUT2D eigenvalue weighted by molar-refractivity contribution is 7.89. The molecule has 33 heavy (non-hydrogen) atoms. The van der Waals surface area contributed by atoms with Crippen LogP contribution in [0.5, 0.6) is 0 Å². The number of piperazine rings is 1. The van der Waals surface area contributed by atoms with Crippen LogP contribution in [0.25, 0.3) is 11.3 Å². The van der Waals surface area contributed by atoms with Gasteiger partial charge in [-0.1, -0.05) is 41.5 Å². The van der Waals surface area contributed by atoms with Gasteiger partial charge in [-0.25, -0.2) is 8.42 Å². The van der Waals surface area contributed by atoms with Crippen LogP contribution in [0.15, 0.2) is 64.3 Å². The highest BCUT2D eigenvalue weighted by Gasteiger charge is 2.31. The van der Waals surface area contributed by atoms with Crippen LogP contribution < -0.4 is 5.56 Å². The maximum Gasteiger partial charge on any atom is 0.261 e. The SMILES string of the molecule is Cc1cccc(-c2ccc(C(=O)N3CCN(S(=O)(=O)c4ccc(C)cc4C)CC3)c(=O)[nH]2)c1. The Kier molecular flexibility index (Phi) is 6.23. The molecule has 8 heteroatoms. The van der Waals surface area contributed by atoms with E-state index in [2.05, 4.69) is 4.98 Å². The molecule has 1 aromatic heterocycles. The van der Waals surface area contributed by atoms with Gasteiger partial charge in [0, 0.05) is 31.9 Å². The molecule has 172 valence electrons. The number of nitrogens with one attached hydrogen (secondary N) is 1. The second-order valence-electron chi connectivity index (χ2n) is 8.45. The second-order valence-corrected chi connectivity index (χ2v) is 10.4. The first-order valence-electron chi connectivity index (χ1n) is 10.8. The van der Waals surface area contributed by atoms with Gasteiger partial charge in [-0.3, -0.25) is 9.59 Å². The monoisotopic (exact) mass is 465 g/mol. The zero-order chi connectivity index (χ0) is 23.8. The van der Waals surface area contributed by atoms with Crippen molar-refractivity contribution in [3.05, 3.63) is 87.2 Å². The van der Waals surface area contributed by atoms with Crippen molar-refractivity contribution >= 4 is 15.9 Å². The molecule has 1 aliphatic rings. The first-order valence-corrected chi connectivity index (χ1v) is 12.3. The molecule has 0 atom stereocenters. The maximum absolute atomic E-state index is 13.1. The molecule has 7 nitrogen and oxygen atoms in total. The fourth-order valence-electron chi connectivity index (χ4n) is 4.15. The molecule has 1 amide bonds. The van der Waals surface area contributed by atoms with Crippen molar-refractivity contribution in [1.29, 1.82) is 0 Å². The van der Waals surface area contributed by atoms with E-state index in [-0.39, 0.29) is 36.6 Å². The molecule has 2 aromatic carbocycles. The summed E-state index contributed by atoms with van der Waals surface area (Å²) in [6.07, 6.45) is 0. The quantitative estimate of drug-likeness (QED) is 0.641. The number of H-pyrrole nitrogens is 1. The molecule has 0 bridgehead atoms. The van der Waals surface area contributed by atoms with E-state index < -0.39 is 21.5 Å². The van der Waals surface area contributed by atoms with Crippen LogP contribution >= 0.6 is 0 Å². The van der Waals surface area contributed by atoms with Crippen LogP contribution in [0.1, 0.15) is 27.0 Å². The number of benzene rings is 2. The number of nitrogens with zero attached hydrogens (tertiary/aromatic N) is 2. The lowest BCUT2D eigenvalue weighted by atomic mass is 10.1. The van der Waals surface area contributed by atoms with E-state index in [1.165, 1.54) is 15.3 Å². The van der Waals surface area contributed by atoms with Crippen molar-refractivity contribution in [1.82, 2.24) is 14.2 Å². The zero-order valence-corrected chi connectivity index (χ0v) is 19.8. The lowest BCUT2D eigenvalue weighted by Crippen LogP contribution is -2.51. The molecule has 4 rings (SSSR count). The summed E-state index contributed by atoms with van der Waals surface area (Å²) < 4.78 is 27.6. The Morgan fingerprint density at radius 1 is 0.879 bits per heavy atom. The molecule has 0 unspecified atom stereocenters. The zero-order valence-electron chi connectivity index (χ0n) is 19.0. The molecule has 0 radical (unpaired) electrons. The van der Waals surface area contributed by atoms with E-state index in [9.17, 15) is 18.0 Å². The predicted octanol–water partition coefficient (Wildman–Crippen LogP) is 3.11. The summed E-state index contributed by atoms with van der Waals surface area (Å²) >= 11 is 0. The van der Waals surface area contributed by atoms with Gasteiger partial charge < -0.3 is 9.88 Å². The summed E-state index contributed by atoms with van der Waals surface area (Å²) in [5.74, 6) is -0.393. The van der Waals surface area contributed by atoms with Gasteiger partial charge in [-0.05, 0) is 56.2 Å². The van der Waals surface area contributed by atoms with Crippen molar-refractivity contribution in [3.8, 4) is 11.3 Å². The third kappa shape index (κ3) is 4.62. The third-order valence-electron chi connectivity index (χ3n) is 5.94. The fourth-order valence-corrected chi connectivity index (χ4v) is 5.78. The normalized spacial score (nSPS) is 14.9. The number of carbonyl (C=O) groups is 1. The van der Waals surface area contributed by atoms with Crippen LogP contribution in [-0.2, 0) is 10.0 Å². The number of hydrogen-bond donors (Lipinski definition) is 1. The number of aromatic amines is 1. The Morgan fingerprint density at radius 3 is 2.21 bits per heavy atom. The molecule has 3 aromatic rings. The molecule has 1 aliphatic heterocycles. The highest BCUT2D eigenvalue weighted by atomic mass is 32.2. The van der Waals surface area contributed by atoms with Crippen molar-refractivity contribution < 1.29 is 13.2 Å². The van der Waals surface area contributed by atoms with Crippen molar-refractivity contribution in [2.75, 3.05) is 26.2 Å². The van der Waals surface area contributed by atoms with Gasteiger partial charge >= 0.3 is 0 Å². The minimum atomic E-state index is -3.64. The Morgan fingerprint density at radius 2 is 1.58 bits per heavy atom. The lowest BCUT2D eigenvalue weighted by Gasteiger charge is -2.34. The van der Waals surface area contributed by atoms with E-state index in [0.29, 0.717) is 11.3 Å². The van der Waals surface area contributed by atoms with Gasteiger partial charge in [-0.15, -0.1) is 0 Å². The summed E-state index contributed by atoms with van der Waals surface area (Å²) in [6.45, 7) is 6.49. The van der Waals surface area contributed by atoms with Crippen LogP contribution in [0.4, 0.5) is 0 Å². The number of aromatic nitrogens is 1. The summed E-state index contributed by atoms with van der Waals surface area (Å²) in [5, 5.41) is 0. The Labute approximate surface area is 193 Å². The minimum Gasteiger partial charge on any atom is -0.336 e. The van der Waals surface area contributed by atoms with Crippen LogP contribution in [-0.4, -0.2) is 54.7 Å². The summed E-state index contributed by atoms with van der Waals surface area (Å²) in [6, 6.07) is 16.3. The standard InChI is InChI=1S/C25H27N3O4S/c1-17-5-4-6-20(16-17)22-9-8-21(24(29)26-22)25(30)27-11-13-28(14-12-27)33(31,32)23-10-7-18(2)15-19(23)3/h4-10,15-16H,11-14H2,1-3H3,(H,26,29). The second kappa shape index (κ2) is 8.96. The van der Waals surface area contributed by atoms with Gasteiger partial charge in [0.1, 0.15) is 5.56 Å². The minimum absolute atomic E-state index is 0.0529. The number of pyridine rings is 1. The van der Waals surface area contributed by atoms with E-state index in [1.807, 2.05) is 44.2 Å². The molecule has 1 fully saturated rings.